The molecule has 3 heteroatoms. The van der Waals surface area contributed by atoms with E-state index in [-0.39, 0.29) is 0 Å². The van der Waals surface area contributed by atoms with E-state index in [4.69, 9.17) is 4.74 Å². The SMILES string of the molecule is CCCCn1cncc1-c1ccc(OCc2ccccc2)cc1. The molecule has 2 aromatic carbocycles. The summed E-state index contributed by atoms with van der Waals surface area (Å²) in [6.45, 7) is 3.81. The van der Waals surface area contributed by atoms with Crippen molar-refractivity contribution in [1.29, 1.82) is 0 Å². The van der Waals surface area contributed by atoms with E-state index in [2.05, 4.69) is 40.7 Å². The summed E-state index contributed by atoms with van der Waals surface area (Å²) in [6.07, 6.45) is 6.19. The lowest BCUT2D eigenvalue weighted by Gasteiger charge is -2.09. The number of imidazole rings is 1. The predicted molar refractivity (Wildman–Crippen MR) is 93.3 cm³/mol. The van der Waals surface area contributed by atoms with Crippen LogP contribution in [-0.2, 0) is 13.2 Å². The fourth-order valence-corrected chi connectivity index (χ4v) is 2.53. The van der Waals surface area contributed by atoms with E-state index in [0.29, 0.717) is 6.61 Å². The lowest BCUT2D eigenvalue weighted by molar-refractivity contribution is 0.306. The van der Waals surface area contributed by atoms with Crippen LogP contribution in [0.2, 0.25) is 0 Å². The molecule has 0 saturated carbocycles. The number of aryl methyl sites for hydroxylation is 1. The van der Waals surface area contributed by atoms with Crippen molar-refractivity contribution in [3.05, 3.63) is 72.7 Å². The maximum Gasteiger partial charge on any atom is 0.119 e. The molecule has 0 aliphatic rings. The van der Waals surface area contributed by atoms with Crippen molar-refractivity contribution in [2.75, 3.05) is 0 Å². The molecule has 0 spiro atoms. The molecule has 23 heavy (non-hydrogen) atoms. The largest absolute Gasteiger partial charge is 0.489 e. The average molecular weight is 306 g/mol. The highest BCUT2D eigenvalue weighted by atomic mass is 16.5. The van der Waals surface area contributed by atoms with Gasteiger partial charge >= 0.3 is 0 Å². The number of ether oxygens (including phenoxy) is 1. The predicted octanol–water partition coefficient (Wildman–Crippen LogP) is 4.93. The highest BCUT2D eigenvalue weighted by Crippen LogP contribution is 2.23. The van der Waals surface area contributed by atoms with Crippen LogP contribution in [0.5, 0.6) is 5.75 Å². The van der Waals surface area contributed by atoms with Crippen LogP contribution >= 0.6 is 0 Å². The second kappa shape index (κ2) is 7.63. The highest BCUT2D eigenvalue weighted by Gasteiger charge is 2.05. The van der Waals surface area contributed by atoms with Crippen molar-refractivity contribution < 1.29 is 4.74 Å². The molecule has 3 rings (SSSR count). The van der Waals surface area contributed by atoms with Gasteiger partial charge in [-0.15, -0.1) is 0 Å². The maximum absolute atomic E-state index is 5.84. The normalized spacial score (nSPS) is 10.7. The molecule has 3 nitrogen and oxygen atoms in total. The summed E-state index contributed by atoms with van der Waals surface area (Å²) < 4.78 is 8.05. The van der Waals surface area contributed by atoms with Gasteiger partial charge in [-0.3, -0.25) is 0 Å². The Hall–Kier alpha value is -2.55. The van der Waals surface area contributed by atoms with Crippen LogP contribution < -0.4 is 4.74 Å². The quantitative estimate of drug-likeness (QED) is 0.619. The molecule has 0 aliphatic heterocycles. The third kappa shape index (κ3) is 4.01. The van der Waals surface area contributed by atoms with Gasteiger partial charge < -0.3 is 9.30 Å². The summed E-state index contributed by atoms with van der Waals surface area (Å²) in [5.74, 6) is 0.886. The zero-order valence-electron chi connectivity index (χ0n) is 13.5. The van der Waals surface area contributed by atoms with E-state index in [1.165, 1.54) is 24.0 Å². The number of rotatable bonds is 7. The minimum Gasteiger partial charge on any atom is -0.489 e. The van der Waals surface area contributed by atoms with E-state index in [1.807, 2.05) is 42.9 Å². The second-order valence-electron chi connectivity index (χ2n) is 5.62. The molecule has 0 bridgehead atoms. The topological polar surface area (TPSA) is 27.1 Å². The van der Waals surface area contributed by atoms with Crippen molar-refractivity contribution >= 4 is 0 Å². The Morgan fingerprint density at radius 1 is 1.00 bits per heavy atom. The van der Waals surface area contributed by atoms with Crippen LogP contribution in [0.15, 0.2) is 67.1 Å². The summed E-state index contributed by atoms with van der Waals surface area (Å²) in [5.41, 5.74) is 3.51. The van der Waals surface area contributed by atoms with Crippen molar-refractivity contribution in [3.8, 4) is 17.0 Å². The molecule has 118 valence electrons. The molecule has 0 aliphatic carbocycles. The first-order valence-corrected chi connectivity index (χ1v) is 8.14. The summed E-state index contributed by atoms with van der Waals surface area (Å²) in [6, 6.07) is 18.4. The van der Waals surface area contributed by atoms with Crippen LogP contribution in [0.4, 0.5) is 0 Å². The molecule has 0 atom stereocenters. The zero-order chi connectivity index (χ0) is 15.9. The van der Waals surface area contributed by atoms with Gasteiger partial charge in [0.25, 0.3) is 0 Å². The lowest BCUT2D eigenvalue weighted by atomic mass is 10.1. The Balaban J connectivity index is 1.66. The molecule has 0 amide bonds. The van der Waals surface area contributed by atoms with Gasteiger partial charge in [-0.2, -0.15) is 0 Å². The minimum atomic E-state index is 0.592. The van der Waals surface area contributed by atoms with Gasteiger partial charge in [-0.1, -0.05) is 43.7 Å². The van der Waals surface area contributed by atoms with Gasteiger partial charge in [0.05, 0.1) is 18.2 Å². The molecular weight excluding hydrogens is 284 g/mol. The van der Waals surface area contributed by atoms with Crippen LogP contribution in [0.3, 0.4) is 0 Å². The van der Waals surface area contributed by atoms with E-state index in [1.54, 1.807) is 0 Å². The van der Waals surface area contributed by atoms with Gasteiger partial charge in [-0.25, -0.2) is 4.98 Å². The fraction of sp³-hybridized carbons (Fsp3) is 0.250. The molecule has 0 N–H and O–H groups in total. The van der Waals surface area contributed by atoms with Gasteiger partial charge in [0.2, 0.25) is 0 Å². The molecular formula is C20H22N2O. The molecule has 1 heterocycles. The van der Waals surface area contributed by atoms with Crippen molar-refractivity contribution in [3.63, 3.8) is 0 Å². The standard InChI is InChI=1S/C20H22N2O/c1-2-3-13-22-16-21-14-20(22)18-9-11-19(12-10-18)23-15-17-7-5-4-6-8-17/h4-12,14,16H,2-3,13,15H2,1H3. The Morgan fingerprint density at radius 3 is 2.52 bits per heavy atom. The number of hydrogen-bond acceptors (Lipinski definition) is 2. The van der Waals surface area contributed by atoms with E-state index in [0.717, 1.165) is 18.0 Å². The van der Waals surface area contributed by atoms with Crippen LogP contribution in [0.1, 0.15) is 25.3 Å². The summed E-state index contributed by atoms with van der Waals surface area (Å²) >= 11 is 0. The highest BCUT2D eigenvalue weighted by molar-refractivity contribution is 5.59. The zero-order valence-corrected chi connectivity index (χ0v) is 13.5. The van der Waals surface area contributed by atoms with Gasteiger partial charge in [0.1, 0.15) is 12.4 Å². The lowest BCUT2D eigenvalue weighted by Crippen LogP contribution is -1.98. The number of nitrogens with zero attached hydrogens (tertiary/aromatic N) is 2. The first kappa shape index (κ1) is 15.3. The van der Waals surface area contributed by atoms with Crippen molar-refractivity contribution in [2.24, 2.45) is 0 Å². The van der Waals surface area contributed by atoms with Crippen LogP contribution in [0, 0.1) is 0 Å². The number of benzene rings is 2. The van der Waals surface area contributed by atoms with E-state index >= 15 is 0 Å². The number of aromatic nitrogens is 2. The Morgan fingerprint density at radius 2 is 1.78 bits per heavy atom. The fourth-order valence-electron chi connectivity index (χ4n) is 2.53. The third-order valence-electron chi connectivity index (χ3n) is 3.86. The molecule has 0 unspecified atom stereocenters. The Bertz CT molecular complexity index is 717. The molecule has 1 aromatic heterocycles. The maximum atomic E-state index is 5.84. The molecule has 3 aromatic rings. The van der Waals surface area contributed by atoms with Gasteiger partial charge in [0, 0.05) is 12.1 Å². The first-order valence-electron chi connectivity index (χ1n) is 8.14. The average Bonchev–Trinajstić information content (AvgIpc) is 3.08. The summed E-state index contributed by atoms with van der Waals surface area (Å²) in [7, 11) is 0. The first-order chi connectivity index (χ1) is 11.4. The summed E-state index contributed by atoms with van der Waals surface area (Å²) in [4.78, 5) is 4.28. The molecule has 0 saturated heterocycles. The number of unbranched alkanes of at least 4 members (excludes halogenated alkanes) is 1. The van der Waals surface area contributed by atoms with E-state index < -0.39 is 0 Å². The van der Waals surface area contributed by atoms with Crippen LogP contribution in [0.25, 0.3) is 11.3 Å². The van der Waals surface area contributed by atoms with Crippen molar-refractivity contribution in [2.45, 2.75) is 32.9 Å². The van der Waals surface area contributed by atoms with Crippen molar-refractivity contribution in [1.82, 2.24) is 9.55 Å². The number of hydrogen-bond donors (Lipinski definition) is 0. The summed E-state index contributed by atoms with van der Waals surface area (Å²) in [5, 5.41) is 0. The smallest absolute Gasteiger partial charge is 0.119 e. The minimum absolute atomic E-state index is 0.592. The Kier molecular flexibility index (Phi) is 5.09. The third-order valence-corrected chi connectivity index (χ3v) is 3.86. The van der Waals surface area contributed by atoms with Crippen LogP contribution in [-0.4, -0.2) is 9.55 Å². The Labute approximate surface area is 137 Å². The molecule has 0 fully saturated rings. The second-order valence-corrected chi connectivity index (χ2v) is 5.62. The monoisotopic (exact) mass is 306 g/mol. The van der Waals surface area contributed by atoms with Gasteiger partial charge in [0.15, 0.2) is 0 Å². The molecule has 0 radical (unpaired) electrons. The van der Waals surface area contributed by atoms with Gasteiger partial charge in [-0.05, 0) is 36.2 Å². The van der Waals surface area contributed by atoms with E-state index in [9.17, 15) is 0 Å².